The van der Waals surface area contributed by atoms with Gasteiger partial charge < -0.3 is 9.67 Å². The lowest BCUT2D eigenvalue weighted by atomic mass is 9.76. The van der Waals surface area contributed by atoms with Crippen LogP contribution < -0.4 is 0 Å². The van der Waals surface area contributed by atoms with E-state index in [4.69, 9.17) is 4.98 Å². The van der Waals surface area contributed by atoms with E-state index in [2.05, 4.69) is 102 Å². The molecule has 0 aliphatic heterocycles. The molecule has 0 amide bonds. The molecule has 1 unspecified atom stereocenters. The molecule has 1 heterocycles. The molecule has 3 nitrogen and oxygen atoms in total. The Labute approximate surface area is 230 Å². The molecule has 39 heavy (non-hydrogen) atoms. The predicted molar refractivity (Wildman–Crippen MR) is 159 cm³/mol. The summed E-state index contributed by atoms with van der Waals surface area (Å²) in [5.74, 6) is -0.110. The number of aliphatic hydroxyl groups is 1. The summed E-state index contributed by atoms with van der Waals surface area (Å²) in [5, 5.41) is 14.7. The van der Waals surface area contributed by atoms with Crippen LogP contribution in [-0.2, 0) is 11.1 Å². The highest BCUT2D eigenvalue weighted by Gasteiger charge is 2.42. The first kappa shape index (κ1) is 24.8. The van der Waals surface area contributed by atoms with Crippen molar-refractivity contribution in [2.45, 2.75) is 25.0 Å². The smallest absolute Gasteiger partial charge is 0.135 e. The fourth-order valence-corrected chi connectivity index (χ4v) is 5.89. The molecule has 0 saturated heterocycles. The van der Waals surface area contributed by atoms with Crippen molar-refractivity contribution in [2.24, 2.45) is 5.92 Å². The highest BCUT2D eigenvalue weighted by molar-refractivity contribution is 5.83. The fraction of sp³-hybridized carbons (Fsp3) is 0.139. The Morgan fingerprint density at radius 2 is 1.08 bits per heavy atom. The third-order valence-corrected chi connectivity index (χ3v) is 7.96. The summed E-state index contributed by atoms with van der Waals surface area (Å²) in [6.45, 7) is 4.10. The number of imidazole rings is 1. The van der Waals surface area contributed by atoms with Gasteiger partial charge in [-0.2, -0.15) is 0 Å². The Bertz CT molecular complexity index is 1590. The summed E-state index contributed by atoms with van der Waals surface area (Å²) >= 11 is 0. The van der Waals surface area contributed by atoms with Gasteiger partial charge >= 0.3 is 0 Å². The summed E-state index contributed by atoms with van der Waals surface area (Å²) in [7, 11) is 0. The number of nitrogens with zero attached hydrogens (tertiary/aromatic N) is 2. The minimum atomic E-state index is -1.27. The monoisotopic (exact) mass is 508 g/mol. The predicted octanol–water partition coefficient (Wildman–Crippen LogP) is 7.77. The second kappa shape index (κ2) is 10.0. The molecule has 0 spiro atoms. The summed E-state index contributed by atoms with van der Waals surface area (Å²) < 4.78 is 2.16. The number of fused-ring (bicyclic) bond motifs is 1. The molecule has 1 N–H and O–H groups in total. The molecule has 0 fully saturated rings. The lowest BCUT2D eigenvalue weighted by Crippen LogP contribution is -2.37. The molecular weight excluding hydrogens is 476 g/mol. The first-order chi connectivity index (χ1) is 19.0. The maximum atomic E-state index is 12.4. The summed E-state index contributed by atoms with van der Waals surface area (Å²) in [6, 6.07) is 46.0. The van der Waals surface area contributed by atoms with E-state index < -0.39 is 11.1 Å². The van der Waals surface area contributed by atoms with E-state index in [0.29, 0.717) is 5.69 Å². The van der Waals surface area contributed by atoms with Crippen molar-refractivity contribution in [2.75, 3.05) is 0 Å². The average molecular weight is 509 g/mol. The summed E-state index contributed by atoms with van der Waals surface area (Å²) in [4.78, 5) is 4.92. The number of benzene rings is 5. The topological polar surface area (TPSA) is 38.0 Å². The third kappa shape index (κ3) is 4.07. The van der Waals surface area contributed by atoms with Crippen LogP contribution in [0.25, 0.3) is 10.8 Å². The Morgan fingerprint density at radius 3 is 1.59 bits per heavy atom. The molecule has 0 aliphatic carbocycles. The van der Waals surface area contributed by atoms with Crippen LogP contribution in [0.4, 0.5) is 0 Å². The average Bonchev–Trinajstić information content (AvgIpc) is 3.49. The van der Waals surface area contributed by atoms with E-state index in [9.17, 15) is 5.11 Å². The molecular formula is C36H32N2O. The minimum Gasteiger partial charge on any atom is -0.378 e. The fourth-order valence-electron chi connectivity index (χ4n) is 5.89. The zero-order valence-electron chi connectivity index (χ0n) is 22.3. The lowest BCUT2D eigenvalue weighted by molar-refractivity contribution is 0.0279. The van der Waals surface area contributed by atoms with Crippen molar-refractivity contribution in [1.82, 2.24) is 9.55 Å². The van der Waals surface area contributed by atoms with Crippen molar-refractivity contribution < 1.29 is 5.11 Å². The van der Waals surface area contributed by atoms with E-state index >= 15 is 0 Å². The van der Waals surface area contributed by atoms with Crippen LogP contribution in [-0.4, -0.2) is 14.7 Å². The van der Waals surface area contributed by atoms with E-state index in [1.165, 1.54) is 0 Å². The van der Waals surface area contributed by atoms with Crippen molar-refractivity contribution in [3.63, 3.8) is 0 Å². The first-order valence-electron chi connectivity index (χ1n) is 13.5. The van der Waals surface area contributed by atoms with Gasteiger partial charge in [0.15, 0.2) is 0 Å². The normalized spacial score (nSPS) is 13.4. The molecule has 1 atom stereocenters. The quantitative estimate of drug-likeness (QED) is 0.224. The number of hydrogen-bond acceptors (Lipinski definition) is 2. The molecule has 0 radical (unpaired) electrons. The highest BCUT2D eigenvalue weighted by atomic mass is 16.3. The van der Waals surface area contributed by atoms with Gasteiger partial charge in [-0.25, -0.2) is 4.98 Å². The van der Waals surface area contributed by atoms with Crippen LogP contribution in [0.2, 0.25) is 0 Å². The van der Waals surface area contributed by atoms with E-state index in [-0.39, 0.29) is 5.92 Å². The van der Waals surface area contributed by atoms with Gasteiger partial charge in [0, 0.05) is 6.20 Å². The van der Waals surface area contributed by atoms with Gasteiger partial charge in [-0.1, -0.05) is 141 Å². The molecule has 192 valence electrons. The van der Waals surface area contributed by atoms with Crippen LogP contribution in [0, 0.1) is 5.92 Å². The molecule has 5 aromatic carbocycles. The maximum absolute atomic E-state index is 12.4. The van der Waals surface area contributed by atoms with Gasteiger partial charge in [0.1, 0.15) is 11.1 Å². The zero-order chi connectivity index (χ0) is 26.9. The van der Waals surface area contributed by atoms with Crippen molar-refractivity contribution >= 4 is 10.8 Å². The zero-order valence-corrected chi connectivity index (χ0v) is 22.3. The lowest BCUT2D eigenvalue weighted by Gasteiger charge is -2.37. The van der Waals surface area contributed by atoms with Crippen molar-refractivity contribution in [3.05, 3.63) is 174 Å². The van der Waals surface area contributed by atoms with Crippen LogP contribution in [0.1, 0.15) is 41.8 Å². The standard InChI is InChI=1S/C36H32N2O/c1-27(2)36(39,33-23-22-28-14-12-13-15-29(28)24-33)34-25-38(26-37-34)35(30-16-6-3-7-17-30,31-18-8-4-9-19-31)32-20-10-5-11-21-32/h3-27,39H,1-2H3. The van der Waals surface area contributed by atoms with Gasteiger partial charge in [0.25, 0.3) is 0 Å². The van der Waals surface area contributed by atoms with Crippen LogP contribution in [0.15, 0.2) is 146 Å². The molecule has 3 heteroatoms. The number of rotatable bonds is 7. The van der Waals surface area contributed by atoms with Crippen molar-refractivity contribution in [1.29, 1.82) is 0 Å². The third-order valence-electron chi connectivity index (χ3n) is 7.96. The van der Waals surface area contributed by atoms with Gasteiger partial charge in [0.2, 0.25) is 0 Å². The van der Waals surface area contributed by atoms with Crippen LogP contribution in [0.5, 0.6) is 0 Å². The second-order valence-corrected chi connectivity index (χ2v) is 10.5. The molecule has 1 aromatic heterocycles. The first-order valence-corrected chi connectivity index (χ1v) is 13.5. The highest BCUT2D eigenvalue weighted by Crippen LogP contribution is 2.43. The van der Waals surface area contributed by atoms with Gasteiger partial charge in [-0.05, 0) is 45.0 Å². The molecule has 0 aliphatic rings. The SMILES string of the molecule is CC(C)C(O)(c1ccc2ccccc2c1)c1cn(C(c2ccccc2)(c2ccccc2)c2ccccc2)cn1. The number of aromatic nitrogens is 2. The van der Waals surface area contributed by atoms with Gasteiger partial charge in [-0.3, -0.25) is 0 Å². The molecule has 0 saturated carbocycles. The Balaban J connectivity index is 1.60. The van der Waals surface area contributed by atoms with E-state index in [1.807, 2.05) is 62.8 Å². The molecule has 6 rings (SSSR count). The van der Waals surface area contributed by atoms with Gasteiger partial charge in [0.05, 0.1) is 12.0 Å². The largest absolute Gasteiger partial charge is 0.378 e. The number of hydrogen-bond donors (Lipinski definition) is 1. The van der Waals surface area contributed by atoms with Crippen LogP contribution in [0.3, 0.4) is 0 Å². The minimum absolute atomic E-state index is 0.110. The Kier molecular flexibility index (Phi) is 6.38. The van der Waals surface area contributed by atoms with E-state index in [1.54, 1.807) is 0 Å². The molecule has 6 aromatic rings. The van der Waals surface area contributed by atoms with E-state index in [0.717, 1.165) is 33.0 Å². The summed E-state index contributed by atoms with van der Waals surface area (Å²) in [5.41, 5.74) is 2.85. The van der Waals surface area contributed by atoms with Crippen molar-refractivity contribution in [3.8, 4) is 0 Å². The van der Waals surface area contributed by atoms with Crippen LogP contribution >= 0.6 is 0 Å². The van der Waals surface area contributed by atoms with Gasteiger partial charge in [-0.15, -0.1) is 0 Å². The Hall–Kier alpha value is -4.47. The second-order valence-electron chi connectivity index (χ2n) is 10.5. The Morgan fingerprint density at radius 1 is 0.590 bits per heavy atom. The molecule has 0 bridgehead atoms. The maximum Gasteiger partial charge on any atom is 0.135 e. The summed E-state index contributed by atoms with van der Waals surface area (Å²) in [6.07, 6.45) is 3.90.